The number of aromatic hydroxyl groups is 1. The van der Waals surface area contributed by atoms with Gasteiger partial charge < -0.3 is 10.4 Å². The van der Waals surface area contributed by atoms with Crippen LogP contribution in [0.2, 0.25) is 0 Å². The first kappa shape index (κ1) is 13.4. The molecular formula is C13H17Br2NO. The van der Waals surface area contributed by atoms with Gasteiger partial charge in [-0.3, -0.25) is 0 Å². The van der Waals surface area contributed by atoms with E-state index in [0.717, 1.165) is 28.0 Å². The summed E-state index contributed by atoms with van der Waals surface area (Å²) in [6, 6.07) is 3.90. The molecule has 1 aliphatic rings. The van der Waals surface area contributed by atoms with Gasteiger partial charge in [0.2, 0.25) is 0 Å². The minimum Gasteiger partial charge on any atom is -0.506 e. The van der Waals surface area contributed by atoms with Crippen LogP contribution in [0.4, 0.5) is 0 Å². The van der Waals surface area contributed by atoms with Crippen molar-refractivity contribution in [3.8, 4) is 5.75 Å². The molecule has 2 nitrogen and oxygen atoms in total. The van der Waals surface area contributed by atoms with E-state index in [-0.39, 0.29) is 5.75 Å². The number of benzene rings is 1. The molecule has 0 spiro atoms. The normalized spacial score (nSPS) is 21.5. The van der Waals surface area contributed by atoms with Crippen LogP contribution in [0.25, 0.3) is 0 Å². The van der Waals surface area contributed by atoms with Gasteiger partial charge in [-0.15, -0.1) is 0 Å². The van der Waals surface area contributed by atoms with Crippen molar-refractivity contribution in [3.63, 3.8) is 0 Å². The molecule has 1 aliphatic carbocycles. The molecule has 94 valence electrons. The van der Waals surface area contributed by atoms with Crippen molar-refractivity contribution in [2.24, 2.45) is 11.3 Å². The Balaban J connectivity index is 1.87. The summed E-state index contributed by atoms with van der Waals surface area (Å²) in [7, 11) is 0. The van der Waals surface area contributed by atoms with Gasteiger partial charge in [-0.2, -0.15) is 0 Å². The lowest BCUT2D eigenvalue weighted by molar-refractivity contribution is 0.468. The molecule has 4 heteroatoms. The fourth-order valence-corrected chi connectivity index (χ4v) is 3.32. The summed E-state index contributed by atoms with van der Waals surface area (Å²) in [6.45, 7) is 6.54. The number of nitrogens with one attached hydrogen (secondary N) is 1. The van der Waals surface area contributed by atoms with Crippen LogP contribution in [-0.4, -0.2) is 11.7 Å². The van der Waals surface area contributed by atoms with Gasteiger partial charge in [0, 0.05) is 6.54 Å². The summed E-state index contributed by atoms with van der Waals surface area (Å²) in [5.41, 5.74) is 1.70. The van der Waals surface area contributed by atoms with Crippen LogP contribution in [0.1, 0.15) is 25.8 Å². The van der Waals surface area contributed by atoms with Crippen LogP contribution in [0.5, 0.6) is 5.75 Å². The Bertz CT molecular complexity index is 408. The highest BCUT2D eigenvalue weighted by molar-refractivity contribution is 9.11. The number of hydrogen-bond donors (Lipinski definition) is 2. The van der Waals surface area contributed by atoms with Gasteiger partial charge in [-0.1, -0.05) is 13.8 Å². The average molecular weight is 363 g/mol. The molecule has 1 atom stereocenters. The van der Waals surface area contributed by atoms with Crippen molar-refractivity contribution in [1.82, 2.24) is 5.32 Å². The maximum Gasteiger partial charge on any atom is 0.143 e. The molecule has 0 amide bonds. The van der Waals surface area contributed by atoms with E-state index >= 15 is 0 Å². The Kier molecular flexibility index (Phi) is 3.86. The largest absolute Gasteiger partial charge is 0.506 e. The SMILES string of the molecule is CC1(C)CC1CNCc1cc(Br)c(O)c(Br)c1. The van der Waals surface area contributed by atoms with Crippen molar-refractivity contribution in [2.45, 2.75) is 26.8 Å². The third-order valence-electron chi connectivity index (χ3n) is 3.51. The van der Waals surface area contributed by atoms with Gasteiger partial charge >= 0.3 is 0 Å². The van der Waals surface area contributed by atoms with E-state index < -0.39 is 0 Å². The summed E-state index contributed by atoms with van der Waals surface area (Å²) in [5.74, 6) is 1.07. The molecule has 0 radical (unpaired) electrons. The number of halogens is 2. The first-order chi connectivity index (χ1) is 7.90. The highest BCUT2D eigenvalue weighted by Crippen LogP contribution is 2.51. The highest BCUT2D eigenvalue weighted by atomic mass is 79.9. The molecule has 2 N–H and O–H groups in total. The van der Waals surface area contributed by atoms with Crippen LogP contribution in [-0.2, 0) is 6.54 Å². The summed E-state index contributed by atoms with van der Waals surface area (Å²) in [6.07, 6.45) is 1.32. The fraction of sp³-hybridized carbons (Fsp3) is 0.538. The van der Waals surface area contributed by atoms with Gasteiger partial charge in [0.25, 0.3) is 0 Å². The van der Waals surface area contributed by atoms with Gasteiger partial charge in [0.1, 0.15) is 5.75 Å². The first-order valence-corrected chi connectivity index (χ1v) is 7.36. The van der Waals surface area contributed by atoms with E-state index in [4.69, 9.17) is 0 Å². The lowest BCUT2D eigenvalue weighted by Gasteiger charge is -2.08. The summed E-state index contributed by atoms with van der Waals surface area (Å²) in [5, 5.41) is 13.1. The predicted molar refractivity (Wildman–Crippen MR) is 77.1 cm³/mol. The molecule has 1 fully saturated rings. The van der Waals surface area contributed by atoms with Crippen LogP contribution in [0.3, 0.4) is 0 Å². The molecule has 1 saturated carbocycles. The van der Waals surface area contributed by atoms with E-state index in [9.17, 15) is 5.11 Å². The maximum atomic E-state index is 9.61. The smallest absolute Gasteiger partial charge is 0.143 e. The second kappa shape index (κ2) is 4.90. The van der Waals surface area contributed by atoms with E-state index in [1.165, 1.54) is 12.0 Å². The zero-order valence-electron chi connectivity index (χ0n) is 10.1. The van der Waals surface area contributed by atoms with Crippen molar-refractivity contribution in [3.05, 3.63) is 26.6 Å². The fourth-order valence-electron chi connectivity index (χ4n) is 2.04. The van der Waals surface area contributed by atoms with Crippen molar-refractivity contribution >= 4 is 31.9 Å². The average Bonchev–Trinajstić information content (AvgIpc) is 2.83. The van der Waals surface area contributed by atoms with Crippen LogP contribution >= 0.6 is 31.9 Å². The van der Waals surface area contributed by atoms with E-state index in [0.29, 0.717) is 5.41 Å². The number of rotatable bonds is 4. The number of hydrogen-bond acceptors (Lipinski definition) is 2. The molecule has 17 heavy (non-hydrogen) atoms. The van der Waals surface area contributed by atoms with Crippen molar-refractivity contribution in [1.29, 1.82) is 0 Å². The molecule has 0 bridgehead atoms. The van der Waals surface area contributed by atoms with E-state index in [1.54, 1.807) is 0 Å². The van der Waals surface area contributed by atoms with Crippen LogP contribution in [0, 0.1) is 11.3 Å². The number of phenols is 1. The van der Waals surface area contributed by atoms with Gasteiger partial charge in [0.05, 0.1) is 8.95 Å². The predicted octanol–water partition coefficient (Wildman–Crippen LogP) is 4.05. The Labute approximate surface area is 119 Å². The lowest BCUT2D eigenvalue weighted by Crippen LogP contribution is -2.18. The quantitative estimate of drug-likeness (QED) is 0.846. The molecule has 1 aromatic rings. The van der Waals surface area contributed by atoms with Crippen LogP contribution < -0.4 is 5.32 Å². The standard InChI is InChI=1S/C13H17Br2NO/c1-13(2)5-9(13)7-16-6-8-3-10(14)12(17)11(15)4-8/h3-4,9,16-17H,5-7H2,1-2H3. The maximum absolute atomic E-state index is 9.61. The first-order valence-electron chi connectivity index (χ1n) is 5.78. The van der Waals surface area contributed by atoms with Gasteiger partial charge in [0.15, 0.2) is 0 Å². The highest BCUT2D eigenvalue weighted by Gasteiger charge is 2.44. The summed E-state index contributed by atoms with van der Waals surface area (Å²) < 4.78 is 1.46. The second-order valence-electron chi connectivity index (χ2n) is 5.43. The minimum atomic E-state index is 0.261. The zero-order valence-corrected chi connectivity index (χ0v) is 13.2. The third kappa shape index (κ3) is 3.24. The van der Waals surface area contributed by atoms with E-state index in [2.05, 4.69) is 51.0 Å². The zero-order chi connectivity index (χ0) is 12.6. The Morgan fingerprint density at radius 3 is 2.35 bits per heavy atom. The Hall–Kier alpha value is -0.0600. The molecule has 1 aromatic carbocycles. The third-order valence-corrected chi connectivity index (χ3v) is 4.72. The molecule has 0 aromatic heterocycles. The minimum absolute atomic E-state index is 0.261. The molecule has 0 aliphatic heterocycles. The van der Waals surface area contributed by atoms with Crippen molar-refractivity contribution in [2.75, 3.05) is 6.54 Å². The van der Waals surface area contributed by atoms with Gasteiger partial charge in [-0.25, -0.2) is 0 Å². The van der Waals surface area contributed by atoms with E-state index in [1.807, 2.05) is 12.1 Å². The molecule has 1 unspecified atom stereocenters. The van der Waals surface area contributed by atoms with Crippen molar-refractivity contribution < 1.29 is 5.11 Å². The molecule has 0 saturated heterocycles. The number of phenolic OH excluding ortho intramolecular Hbond substituents is 1. The van der Waals surface area contributed by atoms with Gasteiger partial charge in [-0.05, 0) is 73.9 Å². The Morgan fingerprint density at radius 1 is 1.35 bits per heavy atom. The molecule has 2 rings (SSSR count). The summed E-state index contributed by atoms with van der Waals surface area (Å²) >= 11 is 6.68. The Morgan fingerprint density at radius 2 is 1.88 bits per heavy atom. The topological polar surface area (TPSA) is 32.3 Å². The summed E-state index contributed by atoms with van der Waals surface area (Å²) in [4.78, 5) is 0. The monoisotopic (exact) mass is 361 g/mol. The second-order valence-corrected chi connectivity index (χ2v) is 7.14. The molecule has 0 heterocycles. The van der Waals surface area contributed by atoms with Crippen LogP contribution in [0.15, 0.2) is 21.1 Å². The lowest BCUT2D eigenvalue weighted by atomic mass is 10.1. The molecular weight excluding hydrogens is 346 g/mol.